The lowest BCUT2D eigenvalue weighted by atomic mass is 10.3. The van der Waals surface area contributed by atoms with Crippen molar-refractivity contribution in [2.75, 3.05) is 11.5 Å². The van der Waals surface area contributed by atoms with Crippen LogP contribution < -0.4 is 5.73 Å². The Morgan fingerprint density at radius 2 is 1.92 bits per heavy atom. The first kappa shape index (κ1) is 9.06. The van der Waals surface area contributed by atoms with E-state index in [4.69, 9.17) is 10.5 Å². The van der Waals surface area contributed by atoms with Crippen molar-refractivity contribution < 1.29 is 4.21 Å². The highest BCUT2D eigenvalue weighted by atomic mass is 32.2. The van der Waals surface area contributed by atoms with E-state index in [9.17, 15) is 4.21 Å². The van der Waals surface area contributed by atoms with Crippen LogP contribution in [0.4, 0.5) is 5.69 Å². The fourth-order valence-electron chi connectivity index (χ4n) is 0.854. The molecule has 0 aromatic heterocycles. The maximum absolute atomic E-state index is 11.5. The molecule has 0 aliphatic rings. The van der Waals surface area contributed by atoms with Gasteiger partial charge in [0.05, 0.1) is 9.73 Å². The van der Waals surface area contributed by atoms with Crippen LogP contribution in [0.2, 0.25) is 0 Å². The van der Waals surface area contributed by atoms with Gasteiger partial charge in [0.25, 0.3) is 0 Å². The molecule has 0 fully saturated rings. The van der Waals surface area contributed by atoms with E-state index < -0.39 is 9.73 Å². The Kier molecular flexibility index (Phi) is 2.38. The third-order valence-corrected chi connectivity index (χ3v) is 3.51. The molecule has 1 unspecified atom stereocenters. The molecule has 1 aromatic rings. The summed E-state index contributed by atoms with van der Waals surface area (Å²) in [4.78, 5) is 0.555. The summed E-state index contributed by atoms with van der Waals surface area (Å²) in [5, 5.41) is 0. The molecular formula is C8H12N2OS. The van der Waals surface area contributed by atoms with E-state index in [2.05, 4.69) is 0 Å². The molecule has 3 nitrogen and oxygen atoms in total. The van der Waals surface area contributed by atoms with E-state index >= 15 is 0 Å². The average Bonchev–Trinajstić information content (AvgIpc) is 2.05. The number of nitrogens with two attached hydrogens (primary N) is 1. The third-order valence-electron chi connectivity index (χ3n) is 1.67. The molecule has 0 bridgehead atoms. The second-order valence-corrected chi connectivity index (χ2v) is 4.93. The summed E-state index contributed by atoms with van der Waals surface area (Å²) in [7, 11) is -2.57. The molecule has 0 saturated heterocycles. The number of anilines is 1. The molecule has 4 heteroatoms. The van der Waals surface area contributed by atoms with E-state index in [1.54, 1.807) is 31.2 Å². The Morgan fingerprint density at radius 3 is 2.33 bits per heavy atom. The molecule has 0 aliphatic carbocycles. The molecule has 0 heterocycles. The zero-order valence-electron chi connectivity index (χ0n) is 6.91. The van der Waals surface area contributed by atoms with Crippen molar-refractivity contribution in [3.63, 3.8) is 0 Å². The highest BCUT2D eigenvalue weighted by Gasteiger charge is 2.05. The van der Waals surface area contributed by atoms with Gasteiger partial charge in [0.1, 0.15) is 0 Å². The average molecular weight is 184 g/mol. The van der Waals surface area contributed by atoms with Gasteiger partial charge in [-0.15, -0.1) is 0 Å². The number of nitrogen functional groups attached to an aromatic ring is 1. The Hall–Kier alpha value is -1.03. The van der Waals surface area contributed by atoms with E-state index in [-0.39, 0.29) is 0 Å². The van der Waals surface area contributed by atoms with Crippen LogP contribution in [0, 0.1) is 4.78 Å². The van der Waals surface area contributed by atoms with Gasteiger partial charge in [0, 0.05) is 16.3 Å². The maximum atomic E-state index is 11.5. The van der Waals surface area contributed by atoms with Gasteiger partial charge >= 0.3 is 0 Å². The SMILES string of the molecule is CCS(=N)(=O)c1ccc(N)cc1. The summed E-state index contributed by atoms with van der Waals surface area (Å²) >= 11 is 0. The molecule has 3 N–H and O–H groups in total. The van der Waals surface area contributed by atoms with Crippen LogP contribution >= 0.6 is 0 Å². The predicted octanol–water partition coefficient (Wildman–Crippen LogP) is 1.69. The number of nitrogens with one attached hydrogen (secondary N) is 1. The Morgan fingerprint density at radius 1 is 1.42 bits per heavy atom. The molecule has 0 aliphatic heterocycles. The molecule has 0 spiro atoms. The molecular weight excluding hydrogens is 172 g/mol. The molecule has 0 saturated carbocycles. The minimum absolute atomic E-state index is 0.344. The first-order chi connectivity index (χ1) is 5.56. The molecule has 12 heavy (non-hydrogen) atoms. The molecule has 66 valence electrons. The van der Waals surface area contributed by atoms with Gasteiger partial charge in [-0.05, 0) is 24.3 Å². The highest BCUT2D eigenvalue weighted by molar-refractivity contribution is 7.92. The predicted molar refractivity (Wildman–Crippen MR) is 50.5 cm³/mol. The third kappa shape index (κ3) is 1.76. The van der Waals surface area contributed by atoms with Gasteiger partial charge in [0.15, 0.2) is 0 Å². The lowest BCUT2D eigenvalue weighted by Gasteiger charge is -2.03. The van der Waals surface area contributed by atoms with Crippen LogP contribution in [0.1, 0.15) is 6.92 Å². The normalized spacial score (nSPS) is 15.4. The van der Waals surface area contributed by atoms with Crippen LogP contribution in [0.15, 0.2) is 29.2 Å². The monoisotopic (exact) mass is 184 g/mol. The lowest BCUT2D eigenvalue weighted by molar-refractivity contribution is 0.675. The number of hydrogen-bond acceptors (Lipinski definition) is 3. The van der Waals surface area contributed by atoms with Gasteiger partial charge < -0.3 is 5.73 Å². The summed E-state index contributed by atoms with van der Waals surface area (Å²) in [6.45, 7) is 1.74. The topological polar surface area (TPSA) is 66.9 Å². The number of benzene rings is 1. The zero-order valence-corrected chi connectivity index (χ0v) is 7.73. The molecule has 1 rings (SSSR count). The van der Waals surface area contributed by atoms with Crippen molar-refractivity contribution in [2.45, 2.75) is 11.8 Å². The summed E-state index contributed by atoms with van der Waals surface area (Å²) in [6, 6.07) is 6.63. The van der Waals surface area contributed by atoms with Crippen molar-refractivity contribution in [2.24, 2.45) is 0 Å². The summed E-state index contributed by atoms with van der Waals surface area (Å²) in [5.41, 5.74) is 6.09. The van der Waals surface area contributed by atoms with Crippen molar-refractivity contribution in [1.29, 1.82) is 4.78 Å². The molecule has 1 aromatic carbocycles. The summed E-state index contributed by atoms with van der Waals surface area (Å²) in [5.74, 6) is 0.344. The largest absolute Gasteiger partial charge is 0.399 e. The fourth-order valence-corrected chi connectivity index (χ4v) is 1.76. The van der Waals surface area contributed by atoms with Crippen LogP contribution in [0.25, 0.3) is 0 Å². The van der Waals surface area contributed by atoms with Crippen LogP contribution in [0.5, 0.6) is 0 Å². The van der Waals surface area contributed by atoms with Gasteiger partial charge in [-0.1, -0.05) is 6.92 Å². The first-order valence-electron chi connectivity index (χ1n) is 3.68. The van der Waals surface area contributed by atoms with Crippen LogP contribution in [0.3, 0.4) is 0 Å². The van der Waals surface area contributed by atoms with Gasteiger partial charge in [-0.25, -0.2) is 8.99 Å². The second-order valence-electron chi connectivity index (χ2n) is 2.53. The quantitative estimate of drug-likeness (QED) is 0.687. The number of hydrogen-bond donors (Lipinski definition) is 2. The fraction of sp³-hybridized carbons (Fsp3) is 0.250. The summed E-state index contributed by atoms with van der Waals surface area (Å²) < 4.78 is 19.0. The van der Waals surface area contributed by atoms with Gasteiger partial charge in [-0.2, -0.15) is 0 Å². The number of rotatable bonds is 2. The van der Waals surface area contributed by atoms with Crippen LogP contribution in [-0.2, 0) is 9.73 Å². The highest BCUT2D eigenvalue weighted by Crippen LogP contribution is 2.13. The molecule has 0 radical (unpaired) electrons. The van der Waals surface area contributed by atoms with Crippen molar-refractivity contribution in [3.8, 4) is 0 Å². The Balaban J connectivity index is 3.14. The zero-order chi connectivity index (χ0) is 9.19. The van der Waals surface area contributed by atoms with Gasteiger partial charge in [0.2, 0.25) is 0 Å². The molecule has 0 amide bonds. The van der Waals surface area contributed by atoms with Gasteiger partial charge in [-0.3, -0.25) is 0 Å². The van der Waals surface area contributed by atoms with E-state index in [0.29, 0.717) is 16.3 Å². The minimum Gasteiger partial charge on any atom is -0.399 e. The Bertz CT molecular complexity index is 353. The van der Waals surface area contributed by atoms with E-state index in [1.807, 2.05) is 0 Å². The van der Waals surface area contributed by atoms with Crippen LogP contribution in [-0.4, -0.2) is 9.96 Å². The second kappa shape index (κ2) is 3.15. The van der Waals surface area contributed by atoms with E-state index in [0.717, 1.165) is 0 Å². The van der Waals surface area contributed by atoms with Crippen molar-refractivity contribution >= 4 is 15.4 Å². The first-order valence-corrected chi connectivity index (χ1v) is 5.41. The minimum atomic E-state index is -2.57. The summed E-state index contributed by atoms with van der Waals surface area (Å²) in [6.07, 6.45) is 0. The molecule has 1 atom stereocenters. The van der Waals surface area contributed by atoms with E-state index in [1.165, 1.54) is 0 Å². The smallest absolute Gasteiger partial charge is 0.0723 e. The lowest BCUT2D eigenvalue weighted by Crippen LogP contribution is -2.01. The maximum Gasteiger partial charge on any atom is 0.0723 e. The standard InChI is InChI=1S/C8H12N2OS/c1-2-12(10,11)8-5-3-7(9)4-6-8/h3-6,10H,2,9H2,1H3. The van der Waals surface area contributed by atoms with Crippen molar-refractivity contribution in [3.05, 3.63) is 24.3 Å². The van der Waals surface area contributed by atoms with Crippen molar-refractivity contribution in [1.82, 2.24) is 0 Å². The Labute approximate surface area is 72.6 Å².